The first-order chi connectivity index (χ1) is 9.80. The van der Waals surface area contributed by atoms with Crippen molar-refractivity contribution in [3.05, 3.63) is 0 Å². The first-order valence-electron chi connectivity index (χ1n) is 8.67. The van der Waals surface area contributed by atoms with Crippen LogP contribution in [-0.2, 0) is 9.47 Å². The molecular weight excluding hydrogens is 250 g/mol. The number of ether oxygens (including phenoxy) is 2. The van der Waals surface area contributed by atoms with E-state index >= 15 is 0 Å². The van der Waals surface area contributed by atoms with Gasteiger partial charge in [-0.25, -0.2) is 0 Å². The second-order valence-electron chi connectivity index (χ2n) is 6.63. The van der Waals surface area contributed by atoms with Crippen LogP contribution in [0.15, 0.2) is 0 Å². The SMILES string of the molecule is CCCNC(CC1CCCCC1)C1(OC)CCOCC1. The molecule has 0 aromatic heterocycles. The fraction of sp³-hybridized carbons (Fsp3) is 1.00. The summed E-state index contributed by atoms with van der Waals surface area (Å²) < 4.78 is 11.6. The molecule has 2 fully saturated rings. The molecule has 0 spiro atoms. The minimum Gasteiger partial charge on any atom is -0.381 e. The molecular formula is C17H33NO2. The summed E-state index contributed by atoms with van der Waals surface area (Å²) in [7, 11) is 1.90. The summed E-state index contributed by atoms with van der Waals surface area (Å²) in [6.45, 7) is 5.04. The molecule has 1 atom stereocenters. The van der Waals surface area contributed by atoms with E-state index in [1.165, 1.54) is 44.9 Å². The molecule has 1 N–H and O–H groups in total. The Morgan fingerprint density at radius 3 is 2.50 bits per heavy atom. The van der Waals surface area contributed by atoms with Crippen LogP contribution in [-0.4, -0.2) is 38.5 Å². The first-order valence-corrected chi connectivity index (χ1v) is 8.67. The van der Waals surface area contributed by atoms with Gasteiger partial charge in [-0.3, -0.25) is 0 Å². The lowest BCUT2D eigenvalue weighted by molar-refractivity contribution is -0.114. The molecule has 0 bridgehead atoms. The number of methoxy groups -OCH3 is 1. The molecule has 2 rings (SSSR count). The van der Waals surface area contributed by atoms with Gasteiger partial charge in [-0.05, 0) is 25.3 Å². The summed E-state index contributed by atoms with van der Waals surface area (Å²) in [4.78, 5) is 0. The normalized spacial score (nSPS) is 25.5. The highest BCUT2D eigenvalue weighted by atomic mass is 16.5. The van der Waals surface area contributed by atoms with Gasteiger partial charge in [0.25, 0.3) is 0 Å². The molecule has 3 heteroatoms. The third-order valence-corrected chi connectivity index (χ3v) is 5.32. The molecule has 0 radical (unpaired) electrons. The molecule has 2 aliphatic rings. The van der Waals surface area contributed by atoms with E-state index < -0.39 is 0 Å². The molecule has 3 nitrogen and oxygen atoms in total. The van der Waals surface area contributed by atoms with E-state index in [0.717, 1.165) is 38.5 Å². The average Bonchev–Trinajstić information content (AvgIpc) is 2.53. The van der Waals surface area contributed by atoms with E-state index in [1.54, 1.807) is 0 Å². The minimum absolute atomic E-state index is 0.00483. The van der Waals surface area contributed by atoms with Gasteiger partial charge in [-0.2, -0.15) is 0 Å². The molecule has 1 unspecified atom stereocenters. The smallest absolute Gasteiger partial charge is 0.0874 e. The van der Waals surface area contributed by atoms with E-state index in [2.05, 4.69) is 12.2 Å². The molecule has 0 aromatic rings. The van der Waals surface area contributed by atoms with E-state index in [9.17, 15) is 0 Å². The van der Waals surface area contributed by atoms with Crippen molar-refractivity contribution >= 4 is 0 Å². The summed E-state index contributed by atoms with van der Waals surface area (Å²) in [5.41, 5.74) is 0.00483. The van der Waals surface area contributed by atoms with Gasteiger partial charge in [0.2, 0.25) is 0 Å². The van der Waals surface area contributed by atoms with Crippen LogP contribution >= 0.6 is 0 Å². The van der Waals surface area contributed by atoms with Crippen LogP contribution in [0, 0.1) is 5.92 Å². The van der Waals surface area contributed by atoms with Crippen LogP contribution in [0.25, 0.3) is 0 Å². The highest BCUT2D eigenvalue weighted by Crippen LogP contribution is 2.35. The maximum Gasteiger partial charge on any atom is 0.0874 e. The van der Waals surface area contributed by atoms with Gasteiger partial charge in [0, 0.05) is 39.2 Å². The molecule has 1 aliphatic heterocycles. The van der Waals surface area contributed by atoms with Crippen LogP contribution in [0.4, 0.5) is 0 Å². The predicted molar refractivity (Wildman–Crippen MR) is 83.1 cm³/mol. The zero-order chi connectivity index (χ0) is 14.3. The van der Waals surface area contributed by atoms with Gasteiger partial charge in [0.1, 0.15) is 0 Å². The topological polar surface area (TPSA) is 30.5 Å². The van der Waals surface area contributed by atoms with Crippen molar-refractivity contribution in [2.24, 2.45) is 5.92 Å². The predicted octanol–water partition coefficient (Wildman–Crippen LogP) is 3.52. The molecule has 1 aliphatic carbocycles. The highest BCUT2D eigenvalue weighted by Gasteiger charge is 2.41. The standard InChI is InChI=1S/C17H33NO2/c1-3-11-18-16(14-15-7-5-4-6-8-15)17(19-2)9-12-20-13-10-17/h15-16,18H,3-14H2,1-2H3. The zero-order valence-corrected chi connectivity index (χ0v) is 13.5. The molecule has 20 heavy (non-hydrogen) atoms. The third-order valence-electron chi connectivity index (χ3n) is 5.32. The van der Waals surface area contributed by atoms with E-state index in [0.29, 0.717) is 6.04 Å². The summed E-state index contributed by atoms with van der Waals surface area (Å²) in [6.07, 6.45) is 11.7. The Balaban J connectivity index is 1.99. The molecule has 118 valence electrons. The Hall–Kier alpha value is -0.120. The number of nitrogens with one attached hydrogen (secondary N) is 1. The van der Waals surface area contributed by atoms with E-state index in [1.807, 2.05) is 7.11 Å². The highest BCUT2D eigenvalue weighted by molar-refractivity contribution is 4.96. The molecule has 1 saturated carbocycles. The number of rotatable bonds is 7. The van der Waals surface area contributed by atoms with Gasteiger partial charge in [-0.1, -0.05) is 39.0 Å². The molecule has 0 amide bonds. The lowest BCUT2D eigenvalue weighted by Crippen LogP contribution is -2.55. The van der Waals surface area contributed by atoms with Crippen molar-refractivity contribution in [3.63, 3.8) is 0 Å². The van der Waals surface area contributed by atoms with Gasteiger partial charge in [0.15, 0.2) is 0 Å². The van der Waals surface area contributed by atoms with Gasteiger partial charge < -0.3 is 14.8 Å². The zero-order valence-electron chi connectivity index (χ0n) is 13.5. The Morgan fingerprint density at radius 2 is 1.90 bits per heavy atom. The second-order valence-corrected chi connectivity index (χ2v) is 6.63. The first kappa shape index (κ1) is 16.3. The largest absolute Gasteiger partial charge is 0.381 e. The van der Waals surface area contributed by atoms with Crippen LogP contribution in [0.5, 0.6) is 0 Å². The summed E-state index contributed by atoms with van der Waals surface area (Å²) in [6, 6.07) is 0.499. The molecule has 1 heterocycles. The lowest BCUT2D eigenvalue weighted by Gasteiger charge is -2.44. The summed E-state index contributed by atoms with van der Waals surface area (Å²) in [5, 5.41) is 3.80. The van der Waals surface area contributed by atoms with Crippen molar-refractivity contribution in [1.29, 1.82) is 0 Å². The second kappa shape index (κ2) is 8.35. The van der Waals surface area contributed by atoms with Gasteiger partial charge in [-0.15, -0.1) is 0 Å². The molecule has 1 saturated heterocycles. The van der Waals surface area contributed by atoms with Crippen LogP contribution < -0.4 is 5.32 Å². The fourth-order valence-electron chi connectivity index (χ4n) is 3.97. The van der Waals surface area contributed by atoms with Crippen molar-refractivity contribution < 1.29 is 9.47 Å². The van der Waals surface area contributed by atoms with E-state index in [-0.39, 0.29) is 5.60 Å². The van der Waals surface area contributed by atoms with Gasteiger partial charge >= 0.3 is 0 Å². The Labute approximate surface area is 124 Å². The Morgan fingerprint density at radius 1 is 1.20 bits per heavy atom. The lowest BCUT2D eigenvalue weighted by atomic mass is 9.77. The Kier molecular flexibility index (Phi) is 6.79. The fourth-order valence-corrected chi connectivity index (χ4v) is 3.97. The minimum atomic E-state index is 0.00483. The van der Waals surface area contributed by atoms with Crippen LogP contribution in [0.3, 0.4) is 0 Å². The van der Waals surface area contributed by atoms with Crippen molar-refractivity contribution in [2.45, 2.75) is 76.4 Å². The number of hydrogen-bond acceptors (Lipinski definition) is 3. The van der Waals surface area contributed by atoms with E-state index in [4.69, 9.17) is 9.47 Å². The number of hydrogen-bond donors (Lipinski definition) is 1. The van der Waals surface area contributed by atoms with Crippen LogP contribution in [0.2, 0.25) is 0 Å². The van der Waals surface area contributed by atoms with Crippen molar-refractivity contribution in [2.75, 3.05) is 26.9 Å². The third kappa shape index (κ3) is 4.19. The quantitative estimate of drug-likeness (QED) is 0.775. The van der Waals surface area contributed by atoms with Crippen molar-refractivity contribution in [3.8, 4) is 0 Å². The monoisotopic (exact) mass is 283 g/mol. The Bertz CT molecular complexity index is 258. The maximum absolute atomic E-state index is 6.04. The molecule has 0 aromatic carbocycles. The summed E-state index contributed by atoms with van der Waals surface area (Å²) in [5.74, 6) is 0.896. The average molecular weight is 283 g/mol. The van der Waals surface area contributed by atoms with Crippen molar-refractivity contribution in [1.82, 2.24) is 5.32 Å². The van der Waals surface area contributed by atoms with Crippen LogP contribution in [0.1, 0.15) is 64.7 Å². The summed E-state index contributed by atoms with van der Waals surface area (Å²) >= 11 is 0. The maximum atomic E-state index is 6.04. The van der Waals surface area contributed by atoms with Gasteiger partial charge in [0.05, 0.1) is 5.60 Å².